The minimum Gasteiger partial charge on any atom is -0.370 e. The predicted molar refractivity (Wildman–Crippen MR) is 117 cm³/mol. The maximum atomic E-state index is 13.4. The lowest BCUT2D eigenvalue weighted by atomic mass is 10.1. The molecular weight excluding hydrogens is 443 g/mol. The third-order valence-corrected chi connectivity index (χ3v) is 7.53. The van der Waals surface area contributed by atoms with Crippen molar-refractivity contribution in [2.75, 3.05) is 36.4 Å². The first-order valence-corrected chi connectivity index (χ1v) is 11.9. The van der Waals surface area contributed by atoms with E-state index in [0.29, 0.717) is 18.8 Å². The largest absolute Gasteiger partial charge is 0.417 e. The van der Waals surface area contributed by atoms with Crippen molar-refractivity contribution in [3.8, 4) is 0 Å². The van der Waals surface area contributed by atoms with Crippen LogP contribution < -0.4 is 10.2 Å². The number of halogens is 3. The van der Waals surface area contributed by atoms with Gasteiger partial charge in [-0.3, -0.25) is 4.79 Å². The van der Waals surface area contributed by atoms with Crippen molar-refractivity contribution in [1.29, 1.82) is 0 Å². The maximum Gasteiger partial charge on any atom is 0.417 e. The van der Waals surface area contributed by atoms with E-state index in [0.717, 1.165) is 25.0 Å². The van der Waals surface area contributed by atoms with E-state index in [1.165, 1.54) is 28.6 Å². The van der Waals surface area contributed by atoms with Gasteiger partial charge in [0.05, 0.1) is 27.4 Å². The molecule has 2 aromatic carbocycles. The highest BCUT2D eigenvalue weighted by atomic mass is 32.2. The van der Waals surface area contributed by atoms with Crippen LogP contribution in [0.2, 0.25) is 0 Å². The molecule has 3 rings (SSSR count). The van der Waals surface area contributed by atoms with Crippen molar-refractivity contribution in [3.05, 3.63) is 53.6 Å². The van der Waals surface area contributed by atoms with Crippen LogP contribution in [-0.2, 0) is 16.2 Å². The average molecular weight is 470 g/mol. The fourth-order valence-electron chi connectivity index (χ4n) is 3.84. The quantitative estimate of drug-likeness (QED) is 0.644. The van der Waals surface area contributed by atoms with E-state index < -0.39 is 33.2 Å². The van der Waals surface area contributed by atoms with Gasteiger partial charge in [0.15, 0.2) is 0 Å². The second-order valence-electron chi connectivity index (χ2n) is 7.46. The molecule has 174 valence electrons. The Morgan fingerprint density at radius 3 is 2.28 bits per heavy atom. The van der Waals surface area contributed by atoms with Gasteiger partial charge in [-0.1, -0.05) is 26.0 Å². The van der Waals surface area contributed by atoms with Crippen LogP contribution in [0.3, 0.4) is 0 Å². The van der Waals surface area contributed by atoms with E-state index in [2.05, 4.69) is 5.32 Å². The van der Waals surface area contributed by atoms with Gasteiger partial charge in [0.1, 0.15) is 0 Å². The van der Waals surface area contributed by atoms with E-state index in [1.807, 2.05) is 4.90 Å². The number of carbonyl (C=O) groups excluding carboxylic acids is 1. The van der Waals surface area contributed by atoms with Crippen LogP contribution in [0.25, 0.3) is 0 Å². The van der Waals surface area contributed by atoms with Gasteiger partial charge in [0.25, 0.3) is 5.91 Å². The minimum atomic E-state index is -4.69. The monoisotopic (exact) mass is 469 g/mol. The molecule has 1 aliphatic heterocycles. The van der Waals surface area contributed by atoms with E-state index in [-0.39, 0.29) is 23.7 Å². The lowest BCUT2D eigenvalue weighted by molar-refractivity contribution is -0.137. The van der Waals surface area contributed by atoms with Gasteiger partial charge >= 0.3 is 6.18 Å². The molecule has 1 aliphatic rings. The molecule has 1 saturated heterocycles. The van der Waals surface area contributed by atoms with Gasteiger partial charge < -0.3 is 10.2 Å². The first kappa shape index (κ1) is 24.1. The van der Waals surface area contributed by atoms with Crippen molar-refractivity contribution >= 4 is 27.3 Å². The molecule has 0 aliphatic carbocycles. The van der Waals surface area contributed by atoms with Gasteiger partial charge in [0, 0.05) is 26.2 Å². The molecule has 6 nitrogen and oxygen atoms in total. The van der Waals surface area contributed by atoms with Crippen molar-refractivity contribution < 1.29 is 26.4 Å². The molecule has 2 aromatic rings. The lowest BCUT2D eigenvalue weighted by Gasteiger charge is -2.24. The first-order chi connectivity index (χ1) is 15.1. The Kier molecular flexibility index (Phi) is 7.14. The lowest BCUT2D eigenvalue weighted by Crippen LogP contribution is -2.31. The van der Waals surface area contributed by atoms with Crippen molar-refractivity contribution in [2.45, 2.75) is 37.8 Å². The number of nitrogens with zero attached hydrogens (tertiary/aromatic N) is 2. The minimum absolute atomic E-state index is 0.0245. The predicted octanol–water partition coefficient (Wildman–Crippen LogP) is 4.59. The molecule has 0 radical (unpaired) electrons. The molecule has 10 heteroatoms. The summed E-state index contributed by atoms with van der Waals surface area (Å²) in [6.07, 6.45) is -2.83. The molecule has 1 heterocycles. The Morgan fingerprint density at radius 1 is 1.06 bits per heavy atom. The van der Waals surface area contributed by atoms with Gasteiger partial charge in [-0.15, -0.1) is 0 Å². The smallest absolute Gasteiger partial charge is 0.370 e. The second-order valence-corrected chi connectivity index (χ2v) is 9.40. The summed E-state index contributed by atoms with van der Waals surface area (Å²) >= 11 is 0. The summed E-state index contributed by atoms with van der Waals surface area (Å²) in [5, 5.41) is 2.54. The van der Waals surface area contributed by atoms with Crippen molar-refractivity contribution in [3.63, 3.8) is 0 Å². The molecule has 1 amide bonds. The standard InChI is InChI=1S/C22H26F3N3O3S/c1-3-28(4-2)32(30,31)16-11-12-20(27-13-7-8-14-27)19(15-16)26-21(29)17-9-5-6-10-18(17)22(23,24)25/h5-6,9-12,15H,3-4,7-8,13-14H2,1-2H3,(H,26,29). The summed E-state index contributed by atoms with van der Waals surface area (Å²) in [6.45, 7) is 5.40. The fourth-order valence-corrected chi connectivity index (χ4v) is 5.32. The Morgan fingerprint density at radius 2 is 1.69 bits per heavy atom. The van der Waals surface area contributed by atoms with Crippen LogP contribution in [-0.4, -0.2) is 44.8 Å². The number of benzene rings is 2. The summed E-state index contributed by atoms with van der Waals surface area (Å²) in [5.41, 5.74) is -0.822. The molecule has 0 unspecified atom stereocenters. The fraction of sp³-hybridized carbons (Fsp3) is 0.409. The number of carbonyl (C=O) groups is 1. The highest BCUT2D eigenvalue weighted by molar-refractivity contribution is 7.89. The van der Waals surface area contributed by atoms with Gasteiger partial charge in [-0.05, 0) is 43.2 Å². The summed E-state index contributed by atoms with van der Waals surface area (Å²) in [7, 11) is -3.81. The number of alkyl halides is 3. The van der Waals surface area contributed by atoms with Gasteiger partial charge in [-0.2, -0.15) is 17.5 Å². The Bertz CT molecular complexity index is 1080. The van der Waals surface area contributed by atoms with E-state index in [4.69, 9.17) is 0 Å². The van der Waals surface area contributed by atoms with Gasteiger partial charge in [-0.25, -0.2) is 8.42 Å². The third-order valence-electron chi connectivity index (χ3n) is 5.48. The van der Waals surface area contributed by atoms with Crippen LogP contribution in [0, 0.1) is 0 Å². The van der Waals surface area contributed by atoms with Crippen molar-refractivity contribution in [2.24, 2.45) is 0 Å². The van der Waals surface area contributed by atoms with Crippen LogP contribution in [0.1, 0.15) is 42.6 Å². The molecule has 0 atom stereocenters. The number of hydrogen-bond acceptors (Lipinski definition) is 4. The van der Waals surface area contributed by atoms with Crippen LogP contribution in [0.4, 0.5) is 24.5 Å². The van der Waals surface area contributed by atoms with Crippen LogP contribution in [0.15, 0.2) is 47.4 Å². The zero-order chi connectivity index (χ0) is 23.5. The number of amides is 1. The number of rotatable bonds is 7. The van der Waals surface area contributed by atoms with Crippen LogP contribution >= 0.6 is 0 Å². The van der Waals surface area contributed by atoms with E-state index in [1.54, 1.807) is 19.9 Å². The maximum absolute atomic E-state index is 13.4. The number of anilines is 2. The SMILES string of the molecule is CCN(CC)S(=O)(=O)c1ccc(N2CCCC2)c(NC(=O)c2ccccc2C(F)(F)F)c1. The Balaban J connectivity index is 2.05. The van der Waals surface area contributed by atoms with E-state index >= 15 is 0 Å². The number of nitrogens with one attached hydrogen (secondary N) is 1. The molecular formula is C22H26F3N3O3S. The Hall–Kier alpha value is -2.59. The summed E-state index contributed by atoms with van der Waals surface area (Å²) in [5.74, 6) is -0.948. The molecule has 0 spiro atoms. The first-order valence-electron chi connectivity index (χ1n) is 10.5. The van der Waals surface area contributed by atoms with Crippen molar-refractivity contribution in [1.82, 2.24) is 4.31 Å². The number of sulfonamides is 1. The summed E-state index contributed by atoms with van der Waals surface area (Å²) in [4.78, 5) is 14.8. The number of hydrogen-bond donors (Lipinski definition) is 1. The highest BCUT2D eigenvalue weighted by Crippen LogP contribution is 2.35. The van der Waals surface area contributed by atoms with Gasteiger partial charge in [0.2, 0.25) is 10.0 Å². The Labute approximate surface area is 186 Å². The van der Waals surface area contributed by atoms with E-state index in [9.17, 15) is 26.4 Å². The molecule has 0 saturated carbocycles. The zero-order valence-electron chi connectivity index (χ0n) is 17.9. The highest BCUT2D eigenvalue weighted by Gasteiger charge is 2.35. The molecule has 32 heavy (non-hydrogen) atoms. The normalized spacial score (nSPS) is 14.8. The average Bonchev–Trinajstić information content (AvgIpc) is 3.28. The van der Waals surface area contributed by atoms with Crippen LogP contribution in [0.5, 0.6) is 0 Å². The second kappa shape index (κ2) is 9.50. The topological polar surface area (TPSA) is 69.7 Å². The molecule has 1 fully saturated rings. The molecule has 0 bridgehead atoms. The molecule has 1 N–H and O–H groups in total. The third kappa shape index (κ3) is 4.91. The summed E-state index contributed by atoms with van der Waals surface area (Å²) < 4.78 is 67.4. The summed E-state index contributed by atoms with van der Waals surface area (Å²) in [6, 6.07) is 8.92. The zero-order valence-corrected chi connectivity index (χ0v) is 18.8. The molecule has 0 aromatic heterocycles.